The molecule has 0 unspecified atom stereocenters. The van der Waals surface area contributed by atoms with E-state index in [1.165, 1.54) is 66.4 Å². The Kier molecular flexibility index (Phi) is 14.6. The number of anilines is 6. The molecule has 2 aromatic heterocycles. The molecule has 0 saturated heterocycles. The second-order valence-electron chi connectivity index (χ2n) is 23.2. The van der Waals surface area contributed by atoms with Gasteiger partial charge in [-0.3, -0.25) is 0 Å². The summed E-state index contributed by atoms with van der Waals surface area (Å²) in [5, 5.41) is 6.99. The van der Waals surface area contributed by atoms with Crippen LogP contribution in [-0.2, 0) is 0 Å². The Labute approximate surface area is 535 Å². The summed E-state index contributed by atoms with van der Waals surface area (Å²) < 4.78 is 12.2. The monoisotopic (exact) mass is 1180 g/mol. The molecule has 0 radical (unpaired) electrons. The molecule has 4 nitrogen and oxygen atoms in total. The smallest absolute Gasteiger partial charge is 0.135 e. The first-order valence-corrected chi connectivity index (χ1v) is 31.3. The number of fused-ring (bicyclic) bond motifs is 7. The zero-order chi connectivity index (χ0) is 61.2. The summed E-state index contributed by atoms with van der Waals surface area (Å²) in [6.45, 7) is 0. The Hall–Kier alpha value is -12.2. The molecule has 0 aliphatic carbocycles. The van der Waals surface area contributed by atoms with Gasteiger partial charge in [0, 0.05) is 55.4 Å². The van der Waals surface area contributed by atoms with Crippen LogP contribution in [-0.4, -0.2) is 0 Å². The van der Waals surface area contributed by atoms with E-state index in [1.807, 2.05) is 24.3 Å². The summed E-state index contributed by atoms with van der Waals surface area (Å²) in [5.41, 5.74) is 24.6. The van der Waals surface area contributed by atoms with Crippen LogP contribution >= 0.6 is 0 Å². The summed E-state index contributed by atoms with van der Waals surface area (Å²) in [6.07, 6.45) is 0. The number of hydrogen-bond acceptors (Lipinski definition) is 4. The SMILES string of the molecule is c1ccc(-c2ccc(N(c3ccc(-c4cccc(-c5ccc6oc7ccccc7c6c5)c4)cc3)c3cccc4ccccc34)cc2)cc1.c1ccc(-c2ccc(N(c3ccc(-c4ccccc4)cc3)c3cccc(-c4ccc5oc6ccccc6c5c4)c3)cc2)cc1. The quantitative estimate of drug-likeness (QED) is 0.122. The maximum absolute atomic E-state index is 6.10. The van der Waals surface area contributed by atoms with Gasteiger partial charge in [-0.2, -0.15) is 0 Å². The summed E-state index contributed by atoms with van der Waals surface area (Å²) in [5.74, 6) is 0. The van der Waals surface area contributed by atoms with Crippen molar-refractivity contribution in [1.29, 1.82) is 0 Å². The molecule has 434 valence electrons. The molecule has 0 N–H and O–H groups in total. The lowest BCUT2D eigenvalue weighted by atomic mass is 9.97. The van der Waals surface area contributed by atoms with Crippen molar-refractivity contribution in [2.24, 2.45) is 0 Å². The van der Waals surface area contributed by atoms with Gasteiger partial charge in [0.1, 0.15) is 22.3 Å². The van der Waals surface area contributed by atoms with Crippen molar-refractivity contribution >= 4 is 88.8 Å². The molecule has 15 aromatic carbocycles. The number of benzene rings is 15. The lowest BCUT2D eigenvalue weighted by Gasteiger charge is -2.27. The van der Waals surface area contributed by atoms with Gasteiger partial charge in [-0.1, -0.05) is 255 Å². The molecule has 0 saturated carbocycles. The van der Waals surface area contributed by atoms with Crippen molar-refractivity contribution in [3.63, 3.8) is 0 Å². The molecule has 0 fully saturated rings. The minimum absolute atomic E-state index is 0.907. The van der Waals surface area contributed by atoms with Crippen molar-refractivity contribution in [2.45, 2.75) is 0 Å². The fourth-order valence-corrected chi connectivity index (χ4v) is 12.9. The zero-order valence-electron chi connectivity index (χ0n) is 50.4. The van der Waals surface area contributed by atoms with Gasteiger partial charge in [-0.05, 0) is 181 Å². The van der Waals surface area contributed by atoms with Gasteiger partial charge < -0.3 is 18.6 Å². The first-order valence-electron chi connectivity index (χ1n) is 31.3. The highest BCUT2D eigenvalue weighted by Crippen LogP contribution is 2.43. The molecular formula is C88H60N2O2. The molecule has 0 aliphatic heterocycles. The third-order valence-electron chi connectivity index (χ3n) is 17.6. The predicted octanol–water partition coefficient (Wildman–Crippen LogP) is 25.3. The average Bonchev–Trinajstić information content (AvgIpc) is 1.43. The van der Waals surface area contributed by atoms with Crippen LogP contribution in [0.15, 0.2) is 373 Å². The summed E-state index contributed by atoms with van der Waals surface area (Å²) in [6, 6.07) is 129. The molecule has 0 bridgehead atoms. The van der Waals surface area contributed by atoms with Gasteiger partial charge in [0.25, 0.3) is 0 Å². The molecule has 92 heavy (non-hydrogen) atoms. The number of hydrogen-bond donors (Lipinski definition) is 0. The highest BCUT2D eigenvalue weighted by Gasteiger charge is 2.19. The maximum atomic E-state index is 6.10. The lowest BCUT2D eigenvalue weighted by molar-refractivity contribution is 0.668. The molecule has 17 rings (SSSR count). The number of nitrogens with zero attached hydrogens (tertiary/aromatic N) is 2. The zero-order valence-corrected chi connectivity index (χ0v) is 50.4. The molecule has 0 atom stereocenters. The van der Waals surface area contributed by atoms with Gasteiger partial charge in [-0.15, -0.1) is 0 Å². The average molecular weight is 1180 g/mol. The number of furan rings is 2. The largest absolute Gasteiger partial charge is 0.456 e. The van der Waals surface area contributed by atoms with E-state index in [-0.39, 0.29) is 0 Å². The molecule has 0 amide bonds. The minimum Gasteiger partial charge on any atom is -0.456 e. The second kappa shape index (κ2) is 24.4. The fraction of sp³-hybridized carbons (Fsp3) is 0. The topological polar surface area (TPSA) is 32.8 Å². The Balaban J connectivity index is 0.000000147. The molecule has 17 aromatic rings. The van der Waals surface area contributed by atoms with E-state index in [0.717, 1.165) is 89.1 Å². The fourth-order valence-electron chi connectivity index (χ4n) is 12.9. The van der Waals surface area contributed by atoms with E-state index >= 15 is 0 Å². The van der Waals surface area contributed by atoms with Crippen LogP contribution in [0.2, 0.25) is 0 Å². The van der Waals surface area contributed by atoms with Crippen molar-refractivity contribution in [2.75, 3.05) is 9.80 Å². The summed E-state index contributed by atoms with van der Waals surface area (Å²) >= 11 is 0. The van der Waals surface area contributed by atoms with E-state index in [0.29, 0.717) is 0 Å². The van der Waals surface area contributed by atoms with Crippen LogP contribution in [0, 0.1) is 0 Å². The number of para-hydroxylation sites is 2. The molecule has 4 heteroatoms. The third kappa shape index (κ3) is 10.9. The van der Waals surface area contributed by atoms with Crippen molar-refractivity contribution < 1.29 is 8.83 Å². The van der Waals surface area contributed by atoms with E-state index < -0.39 is 0 Å². The molecule has 2 heterocycles. The van der Waals surface area contributed by atoms with E-state index in [9.17, 15) is 0 Å². The van der Waals surface area contributed by atoms with Crippen LogP contribution in [0.1, 0.15) is 0 Å². The second-order valence-corrected chi connectivity index (χ2v) is 23.2. The van der Waals surface area contributed by atoms with Crippen molar-refractivity contribution in [3.8, 4) is 66.8 Å². The Morgan fingerprint density at radius 2 is 0.467 bits per heavy atom. The Morgan fingerprint density at radius 3 is 0.946 bits per heavy atom. The van der Waals surface area contributed by atoms with Crippen LogP contribution in [0.4, 0.5) is 34.1 Å². The maximum Gasteiger partial charge on any atom is 0.135 e. The summed E-state index contributed by atoms with van der Waals surface area (Å²) in [7, 11) is 0. The van der Waals surface area contributed by atoms with Gasteiger partial charge in [-0.25, -0.2) is 0 Å². The first kappa shape index (κ1) is 55.1. The van der Waals surface area contributed by atoms with Crippen molar-refractivity contribution in [3.05, 3.63) is 364 Å². The van der Waals surface area contributed by atoms with Crippen LogP contribution in [0.3, 0.4) is 0 Å². The van der Waals surface area contributed by atoms with Gasteiger partial charge >= 0.3 is 0 Å². The van der Waals surface area contributed by atoms with Gasteiger partial charge in [0.2, 0.25) is 0 Å². The van der Waals surface area contributed by atoms with Crippen molar-refractivity contribution in [1.82, 2.24) is 0 Å². The van der Waals surface area contributed by atoms with Crippen LogP contribution < -0.4 is 9.80 Å². The van der Waals surface area contributed by atoms with Crippen LogP contribution in [0.5, 0.6) is 0 Å². The lowest BCUT2D eigenvalue weighted by Crippen LogP contribution is -2.10. The molecule has 0 aliphatic rings. The Bertz CT molecular complexity index is 5340. The number of rotatable bonds is 12. The highest BCUT2D eigenvalue weighted by molar-refractivity contribution is 6.08. The van der Waals surface area contributed by atoms with E-state index in [2.05, 4.69) is 350 Å². The predicted molar refractivity (Wildman–Crippen MR) is 387 cm³/mol. The molecular weight excluding hydrogens is 1120 g/mol. The van der Waals surface area contributed by atoms with E-state index in [1.54, 1.807) is 0 Å². The Morgan fingerprint density at radius 1 is 0.163 bits per heavy atom. The normalized spacial score (nSPS) is 11.3. The van der Waals surface area contributed by atoms with Gasteiger partial charge in [0.05, 0.1) is 5.69 Å². The van der Waals surface area contributed by atoms with Crippen LogP contribution in [0.25, 0.3) is 121 Å². The third-order valence-corrected chi connectivity index (χ3v) is 17.6. The first-order chi connectivity index (χ1) is 45.6. The molecule has 0 spiro atoms. The highest BCUT2D eigenvalue weighted by atomic mass is 16.3. The summed E-state index contributed by atoms with van der Waals surface area (Å²) in [4.78, 5) is 4.70. The minimum atomic E-state index is 0.907. The standard InChI is InChI=1S/C46H31NO.C42H29NO/c1-2-10-32(11-3-1)33-20-25-39(26-21-33)47(44-18-9-13-35-12-4-5-16-41(35)44)40-27-22-34(23-28-40)36-14-8-15-37(30-36)38-24-29-46-43(31-38)42-17-6-7-19-45(42)48-46;1-3-10-30(11-4-1)32-18-23-36(24-19-32)43(37-25-20-33(21-26-37)31-12-5-2-6-13-31)38-15-9-14-34(28-38)35-22-27-42-40(29-35)39-16-7-8-17-41(39)44-42/h1-31H;1-29H. The van der Waals surface area contributed by atoms with Gasteiger partial charge in [0.15, 0.2) is 0 Å². The van der Waals surface area contributed by atoms with E-state index in [4.69, 9.17) is 8.83 Å².